The highest BCUT2D eigenvalue weighted by molar-refractivity contribution is 4.76. The molecule has 0 saturated carbocycles. The molecule has 1 heterocycles. The van der Waals surface area contributed by atoms with Gasteiger partial charge in [0.2, 0.25) is 0 Å². The first kappa shape index (κ1) is 11.0. The quantitative estimate of drug-likeness (QED) is 0.626. The first-order valence-electron chi connectivity index (χ1n) is 5.34. The molecule has 3 heteroatoms. The molecule has 0 amide bonds. The SMILES string of the molecule is CC1CN(CCCCN)CCC1O. The van der Waals surface area contributed by atoms with Crippen LogP contribution in [0.2, 0.25) is 0 Å². The molecule has 13 heavy (non-hydrogen) atoms. The van der Waals surface area contributed by atoms with Gasteiger partial charge >= 0.3 is 0 Å². The van der Waals surface area contributed by atoms with Gasteiger partial charge in [-0.15, -0.1) is 0 Å². The predicted octanol–water partition coefficient (Wildman–Crippen LogP) is 0.428. The third-order valence-electron chi connectivity index (χ3n) is 2.87. The first-order valence-corrected chi connectivity index (χ1v) is 5.34. The van der Waals surface area contributed by atoms with Gasteiger partial charge in [0.05, 0.1) is 6.10 Å². The number of rotatable bonds is 4. The first-order chi connectivity index (χ1) is 6.24. The summed E-state index contributed by atoms with van der Waals surface area (Å²) < 4.78 is 0. The van der Waals surface area contributed by atoms with Crippen molar-refractivity contribution in [2.24, 2.45) is 11.7 Å². The van der Waals surface area contributed by atoms with Crippen LogP contribution in [-0.2, 0) is 0 Å². The number of nitrogens with two attached hydrogens (primary N) is 1. The second kappa shape index (κ2) is 5.58. The highest BCUT2D eigenvalue weighted by Gasteiger charge is 2.23. The summed E-state index contributed by atoms with van der Waals surface area (Å²) >= 11 is 0. The lowest BCUT2D eigenvalue weighted by Gasteiger charge is -2.34. The van der Waals surface area contributed by atoms with Crippen molar-refractivity contribution in [2.75, 3.05) is 26.2 Å². The molecule has 1 aliphatic heterocycles. The summed E-state index contributed by atoms with van der Waals surface area (Å²) in [6, 6.07) is 0. The minimum atomic E-state index is -0.0780. The average Bonchev–Trinajstić information content (AvgIpc) is 2.12. The van der Waals surface area contributed by atoms with Crippen molar-refractivity contribution in [1.29, 1.82) is 0 Å². The number of unbranched alkanes of at least 4 members (excludes halogenated alkanes) is 1. The topological polar surface area (TPSA) is 49.5 Å². The van der Waals surface area contributed by atoms with E-state index in [0.29, 0.717) is 5.92 Å². The Bertz CT molecular complexity index is 141. The van der Waals surface area contributed by atoms with Gasteiger partial charge in [-0.2, -0.15) is 0 Å². The van der Waals surface area contributed by atoms with Crippen molar-refractivity contribution in [2.45, 2.75) is 32.3 Å². The van der Waals surface area contributed by atoms with Crippen LogP contribution in [0, 0.1) is 5.92 Å². The molecule has 0 aromatic rings. The largest absolute Gasteiger partial charge is 0.393 e. The van der Waals surface area contributed by atoms with Crippen molar-refractivity contribution >= 4 is 0 Å². The number of piperidine rings is 1. The molecule has 2 atom stereocenters. The van der Waals surface area contributed by atoms with Gasteiger partial charge < -0.3 is 15.7 Å². The Balaban J connectivity index is 2.14. The van der Waals surface area contributed by atoms with E-state index in [1.807, 2.05) is 0 Å². The van der Waals surface area contributed by atoms with Crippen molar-refractivity contribution in [3.05, 3.63) is 0 Å². The fourth-order valence-electron chi connectivity index (χ4n) is 1.90. The van der Waals surface area contributed by atoms with E-state index in [1.165, 1.54) is 6.42 Å². The zero-order valence-electron chi connectivity index (χ0n) is 8.58. The lowest BCUT2D eigenvalue weighted by molar-refractivity contribution is 0.0346. The van der Waals surface area contributed by atoms with E-state index >= 15 is 0 Å². The molecule has 78 valence electrons. The van der Waals surface area contributed by atoms with E-state index < -0.39 is 0 Å². The molecule has 0 bridgehead atoms. The van der Waals surface area contributed by atoms with Crippen molar-refractivity contribution in [3.63, 3.8) is 0 Å². The van der Waals surface area contributed by atoms with Crippen LogP contribution in [0.1, 0.15) is 26.2 Å². The second-order valence-electron chi connectivity index (χ2n) is 4.13. The summed E-state index contributed by atoms with van der Waals surface area (Å²) in [6.07, 6.45) is 3.17. The van der Waals surface area contributed by atoms with Crippen molar-refractivity contribution < 1.29 is 5.11 Å². The third kappa shape index (κ3) is 3.63. The lowest BCUT2D eigenvalue weighted by Crippen LogP contribution is -2.42. The Morgan fingerprint density at radius 1 is 1.46 bits per heavy atom. The van der Waals surface area contributed by atoms with E-state index in [0.717, 1.165) is 39.0 Å². The van der Waals surface area contributed by atoms with Crippen molar-refractivity contribution in [1.82, 2.24) is 4.90 Å². The molecule has 1 saturated heterocycles. The van der Waals surface area contributed by atoms with E-state index in [-0.39, 0.29) is 6.10 Å². The third-order valence-corrected chi connectivity index (χ3v) is 2.87. The van der Waals surface area contributed by atoms with E-state index in [9.17, 15) is 5.11 Å². The minimum absolute atomic E-state index is 0.0780. The zero-order valence-corrected chi connectivity index (χ0v) is 8.58. The summed E-state index contributed by atoms with van der Waals surface area (Å²) in [4.78, 5) is 2.44. The van der Waals surface area contributed by atoms with Crippen molar-refractivity contribution in [3.8, 4) is 0 Å². The molecule has 0 aliphatic carbocycles. The number of likely N-dealkylation sites (tertiary alicyclic amines) is 1. The maximum Gasteiger partial charge on any atom is 0.0590 e. The van der Waals surface area contributed by atoms with Crippen LogP contribution in [0.3, 0.4) is 0 Å². The Morgan fingerprint density at radius 3 is 2.85 bits per heavy atom. The zero-order chi connectivity index (χ0) is 9.68. The second-order valence-corrected chi connectivity index (χ2v) is 4.13. The van der Waals surface area contributed by atoms with Crippen LogP contribution in [-0.4, -0.2) is 42.3 Å². The highest BCUT2D eigenvalue weighted by atomic mass is 16.3. The fourth-order valence-corrected chi connectivity index (χ4v) is 1.90. The standard InChI is InChI=1S/C10H22N2O/c1-9-8-12(6-3-2-5-11)7-4-10(9)13/h9-10,13H,2-8,11H2,1H3. The number of aliphatic hydroxyl groups excluding tert-OH is 1. The van der Waals surface area contributed by atoms with Crippen LogP contribution in [0.15, 0.2) is 0 Å². The number of hydrogen-bond acceptors (Lipinski definition) is 3. The fraction of sp³-hybridized carbons (Fsp3) is 1.00. The van der Waals surface area contributed by atoms with Crippen LogP contribution < -0.4 is 5.73 Å². The number of aliphatic hydroxyl groups is 1. The molecule has 1 aliphatic rings. The summed E-state index contributed by atoms with van der Waals surface area (Å²) in [6.45, 7) is 6.17. The normalized spacial score (nSPS) is 30.7. The van der Waals surface area contributed by atoms with Gasteiger partial charge in [-0.3, -0.25) is 0 Å². The molecular weight excluding hydrogens is 164 g/mol. The molecule has 1 fully saturated rings. The lowest BCUT2D eigenvalue weighted by atomic mass is 9.96. The highest BCUT2D eigenvalue weighted by Crippen LogP contribution is 2.16. The molecule has 3 nitrogen and oxygen atoms in total. The van der Waals surface area contributed by atoms with Gasteiger partial charge in [-0.05, 0) is 38.3 Å². The van der Waals surface area contributed by atoms with Gasteiger partial charge in [0, 0.05) is 13.1 Å². The average molecular weight is 186 g/mol. The molecule has 0 aromatic carbocycles. The van der Waals surface area contributed by atoms with Crippen LogP contribution in [0.4, 0.5) is 0 Å². The molecule has 0 aromatic heterocycles. The Kier molecular flexibility index (Phi) is 4.70. The number of hydrogen-bond donors (Lipinski definition) is 2. The molecule has 0 spiro atoms. The van der Waals surface area contributed by atoms with Gasteiger partial charge in [-0.25, -0.2) is 0 Å². The Hall–Kier alpha value is -0.120. The smallest absolute Gasteiger partial charge is 0.0590 e. The minimum Gasteiger partial charge on any atom is -0.393 e. The number of nitrogens with zero attached hydrogens (tertiary/aromatic N) is 1. The van der Waals surface area contributed by atoms with E-state index in [2.05, 4.69) is 11.8 Å². The Morgan fingerprint density at radius 2 is 2.23 bits per heavy atom. The predicted molar refractivity (Wildman–Crippen MR) is 54.5 cm³/mol. The van der Waals surface area contributed by atoms with Gasteiger partial charge in [0.1, 0.15) is 0 Å². The summed E-state index contributed by atoms with van der Waals surface area (Å²) in [5.41, 5.74) is 5.43. The van der Waals surface area contributed by atoms with Gasteiger partial charge in [0.25, 0.3) is 0 Å². The van der Waals surface area contributed by atoms with Gasteiger partial charge in [-0.1, -0.05) is 6.92 Å². The van der Waals surface area contributed by atoms with Crippen LogP contribution >= 0.6 is 0 Å². The Labute approximate surface area is 80.9 Å². The van der Waals surface area contributed by atoms with Gasteiger partial charge in [0.15, 0.2) is 0 Å². The maximum atomic E-state index is 9.52. The molecule has 3 N–H and O–H groups in total. The van der Waals surface area contributed by atoms with Crippen LogP contribution in [0.5, 0.6) is 0 Å². The van der Waals surface area contributed by atoms with E-state index in [1.54, 1.807) is 0 Å². The van der Waals surface area contributed by atoms with Crippen LogP contribution in [0.25, 0.3) is 0 Å². The van der Waals surface area contributed by atoms with E-state index in [4.69, 9.17) is 5.73 Å². The summed E-state index contributed by atoms with van der Waals surface area (Å²) in [5, 5.41) is 9.52. The molecule has 2 unspecified atom stereocenters. The molecule has 0 radical (unpaired) electrons. The summed E-state index contributed by atoms with van der Waals surface area (Å²) in [7, 11) is 0. The maximum absolute atomic E-state index is 9.52. The molecule has 1 rings (SSSR count). The monoisotopic (exact) mass is 186 g/mol. The summed E-state index contributed by atoms with van der Waals surface area (Å²) in [5.74, 6) is 0.437. The molecular formula is C10H22N2O.